The lowest BCUT2D eigenvalue weighted by Crippen LogP contribution is -2.49. The zero-order chi connectivity index (χ0) is 24.3. The predicted octanol–water partition coefficient (Wildman–Crippen LogP) is 3.61. The number of primary amides is 1. The van der Waals surface area contributed by atoms with Crippen molar-refractivity contribution in [2.24, 2.45) is 16.6 Å². The van der Waals surface area contributed by atoms with Crippen LogP contribution < -0.4 is 10.6 Å². The molecule has 0 spiro atoms. The number of nitrogens with two attached hydrogens (primary N) is 1. The summed E-state index contributed by atoms with van der Waals surface area (Å²) in [6.07, 6.45) is 8.66. The molecule has 34 heavy (non-hydrogen) atoms. The fraction of sp³-hybridized carbons (Fsp3) is 0.296. The van der Waals surface area contributed by atoms with Gasteiger partial charge in [0, 0.05) is 35.3 Å². The zero-order valence-corrected chi connectivity index (χ0v) is 19.3. The number of fused-ring (bicyclic) bond motifs is 5. The second kappa shape index (κ2) is 7.49. The van der Waals surface area contributed by atoms with Gasteiger partial charge in [0.15, 0.2) is 11.2 Å². The molecule has 1 saturated heterocycles. The van der Waals surface area contributed by atoms with E-state index in [1.165, 1.54) is 0 Å². The normalized spacial score (nSPS) is 25.5. The molecule has 0 unspecified atom stereocenters. The Morgan fingerprint density at radius 1 is 1.15 bits per heavy atom. The number of hydrogen-bond donors (Lipinski definition) is 1. The quantitative estimate of drug-likeness (QED) is 0.651. The van der Waals surface area contributed by atoms with Crippen LogP contribution >= 0.6 is 0 Å². The highest BCUT2D eigenvalue weighted by Gasteiger charge is 2.66. The van der Waals surface area contributed by atoms with Crippen molar-refractivity contribution in [1.29, 1.82) is 5.26 Å². The average molecular weight is 452 g/mol. The Morgan fingerprint density at radius 3 is 2.56 bits per heavy atom. The van der Waals surface area contributed by atoms with E-state index in [0.29, 0.717) is 11.1 Å². The second-order valence-corrected chi connectivity index (χ2v) is 9.96. The fourth-order valence-corrected chi connectivity index (χ4v) is 5.47. The van der Waals surface area contributed by atoms with E-state index in [1.54, 1.807) is 30.7 Å². The first-order chi connectivity index (χ1) is 16.2. The summed E-state index contributed by atoms with van der Waals surface area (Å²) in [5.41, 5.74) is 6.54. The molecule has 2 N–H and O–H groups in total. The summed E-state index contributed by atoms with van der Waals surface area (Å²) in [6.45, 7) is 5.55. The molecule has 0 aliphatic carbocycles. The summed E-state index contributed by atoms with van der Waals surface area (Å²) in [6, 6.07) is 12.0. The molecule has 7 heteroatoms. The monoisotopic (exact) mass is 451 g/mol. The van der Waals surface area contributed by atoms with Gasteiger partial charge in [-0.2, -0.15) is 5.26 Å². The highest BCUT2D eigenvalue weighted by Crippen LogP contribution is 2.57. The Bertz CT molecular complexity index is 1390. The molecule has 170 valence electrons. The van der Waals surface area contributed by atoms with Crippen LogP contribution in [0.1, 0.15) is 37.8 Å². The van der Waals surface area contributed by atoms with E-state index in [9.17, 15) is 14.9 Å². The molecule has 0 radical (unpaired) electrons. The smallest absolute Gasteiger partial charge is 0.241 e. The first-order valence-corrected chi connectivity index (χ1v) is 11.2. The van der Waals surface area contributed by atoms with E-state index >= 15 is 0 Å². The largest absolute Gasteiger partial charge is 0.368 e. The number of ketones is 1. The highest BCUT2D eigenvalue weighted by molar-refractivity contribution is 6.04. The van der Waals surface area contributed by atoms with E-state index in [0.717, 1.165) is 16.6 Å². The summed E-state index contributed by atoms with van der Waals surface area (Å²) >= 11 is 0. The molecule has 1 aromatic carbocycles. The molecular weight excluding hydrogens is 426 g/mol. The first-order valence-electron chi connectivity index (χ1n) is 11.2. The van der Waals surface area contributed by atoms with E-state index in [1.807, 2.05) is 62.1 Å². The second-order valence-electron chi connectivity index (χ2n) is 9.96. The number of nitrogens with zero attached hydrogens (tertiary/aromatic N) is 4. The number of anilines is 1. The van der Waals surface area contributed by atoms with Gasteiger partial charge < -0.3 is 10.6 Å². The molecule has 1 fully saturated rings. The first kappa shape index (κ1) is 21.8. The number of hydrogen-bond acceptors (Lipinski definition) is 6. The number of carbonyl (C=O) groups excluding carboxylic acids is 2. The third-order valence-corrected chi connectivity index (χ3v) is 7.01. The van der Waals surface area contributed by atoms with Gasteiger partial charge in [-0.05, 0) is 23.3 Å². The summed E-state index contributed by atoms with van der Waals surface area (Å²) in [5, 5.41) is 11.5. The van der Waals surface area contributed by atoms with E-state index in [2.05, 4.69) is 16.0 Å². The van der Waals surface area contributed by atoms with Crippen LogP contribution in [0, 0.1) is 22.2 Å². The fourth-order valence-electron chi connectivity index (χ4n) is 5.47. The van der Waals surface area contributed by atoms with Gasteiger partial charge in [-0.3, -0.25) is 19.6 Å². The molecule has 5 rings (SSSR count). The van der Waals surface area contributed by atoms with Crippen LogP contribution in [-0.2, 0) is 9.59 Å². The molecular formula is C27H25N5O2. The molecule has 1 amide bonds. The Balaban J connectivity index is 1.89. The Hall–Kier alpha value is -4.05. The third-order valence-electron chi connectivity index (χ3n) is 7.01. The predicted molar refractivity (Wildman–Crippen MR) is 130 cm³/mol. The maximum Gasteiger partial charge on any atom is 0.241 e. The number of rotatable bonds is 3. The number of nitriles is 1. The Labute approximate surface area is 197 Å². The number of carbonyl (C=O) groups is 2. The van der Waals surface area contributed by atoms with Crippen LogP contribution in [0.4, 0.5) is 5.69 Å². The van der Waals surface area contributed by atoms with Gasteiger partial charge in [0.1, 0.15) is 0 Å². The van der Waals surface area contributed by atoms with Crippen LogP contribution in [0.5, 0.6) is 0 Å². The zero-order valence-electron chi connectivity index (χ0n) is 19.3. The van der Waals surface area contributed by atoms with Crippen molar-refractivity contribution in [1.82, 2.24) is 9.97 Å². The van der Waals surface area contributed by atoms with Gasteiger partial charge in [0.05, 0.1) is 29.4 Å². The van der Waals surface area contributed by atoms with Crippen molar-refractivity contribution in [3.8, 4) is 6.07 Å². The van der Waals surface area contributed by atoms with E-state index in [-0.39, 0.29) is 5.78 Å². The van der Waals surface area contributed by atoms with Crippen LogP contribution in [0.3, 0.4) is 0 Å². The number of Topliss-reactive ketones (excluding diaryl/α,β-unsaturated/α-hetero) is 1. The van der Waals surface area contributed by atoms with Crippen molar-refractivity contribution in [2.45, 2.75) is 38.8 Å². The lowest BCUT2D eigenvalue weighted by atomic mass is 9.66. The number of amides is 1. The maximum atomic E-state index is 14.1. The van der Waals surface area contributed by atoms with Crippen LogP contribution in [-0.4, -0.2) is 33.7 Å². The minimum atomic E-state index is -1.68. The lowest BCUT2D eigenvalue weighted by Gasteiger charge is -2.38. The van der Waals surface area contributed by atoms with Gasteiger partial charge >= 0.3 is 0 Å². The highest BCUT2D eigenvalue weighted by atomic mass is 16.1. The molecule has 0 bridgehead atoms. The van der Waals surface area contributed by atoms with Gasteiger partial charge in [0.2, 0.25) is 5.91 Å². The van der Waals surface area contributed by atoms with Crippen molar-refractivity contribution in [2.75, 3.05) is 4.90 Å². The molecule has 2 aromatic heterocycles. The number of pyridine rings is 2. The molecule has 2 aliphatic heterocycles. The van der Waals surface area contributed by atoms with Crippen LogP contribution in [0.25, 0.3) is 17.0 Å². The molecule has 7 nitrogen and oxygen atoms in total. The van der Waals surface area contributed by atoms with E-state index < -0.39 is 34.7 Å². The number of aromatic nitrogens is 2. The lowest BCUT2D eigenvalue weighted by molar-refractivity contribution is -0.128. The van der Waals surface area contributed by atoms with E-state index in [4.69, 9.17) is 5.73 Å². The van der Waals surface area contributed by atoms with Crippen molar-refractivity contribution >= 4 is 34.4 Å². The maximum absolute atomic E-state index is 14.1. The Morgan fingerprint density at radius 2 is 1.91 bits per heavy atom. The number of benzene rings is 1. The van der Waals surface area contributed by atoms with Crippen molar-refractivity contribution in [3.05, 3.63) is 72.2 Å². The molecule has 2 aliphatic rings. The Kier molecular flexibility index (Phi) is 4.80. The average Bonchev–Trinajstić information content (AvgIpc) is 3.14. The topological polar surface area (TPSA) is 113 Å². The van der Waals surface area contributed by atoms with Gasteiger partial charge in [-0.15, -0.1) is 0 Å². The standard InChI is InChI=1S/C27H25N5O2/c1-26(2,3)24(33)23-20(18-7-4-12-30-14-18)27(15-28,25(29)34)19-11-10-17-9-8-16-6-5-13-31-21(16)22(17)32(19)23/h4-14,19-20,23H,1-3H3,(H2,29,34)/t19-,20-,23-,27+/m0/s1. The van der Waals surface area contributed by atoms with Crippen LogP contribution in [0.2, 0.25) is 0 Å². The SMILES string of the molecule is CC(C)(C)C(=O)[C@@H]1[C@H](c2cccnc2)[C@](C#N)(C(N)=O)[C@@H]2C=Cc3ccc4cccnc4c3N12. The minimum absolute atomic E-state index is 0.0843. The molecule has 0 saturated carbocycles. The third kappa shape index (κ3) is 2.88. The van der Waals surface area contributed by atoms with Crippen molar-refractivity contribution in [3.63, 3.8) is 0 Å². The summed E-state index contributed by atoms with van der Waals surface area (Å²) < 4.78 is 0. The van der Waals surface area contributed by atoms with Gasteiger partial charge in [-0.25, -0.2) is 0 Å². The molecule has 3 aromatic rings. The summed E-state index contributed by atoms with van der Waals surface area (Å²) in [4.78, 5) is 38.1. The minimum Gasteiger partial charge on any atom is -0.368 e. The summed E-state index contributed by atoms with van der Waals surface area (Å²) in [5.74, 6) is -1.65. The molecule has 4 atom stereocenters. The van der Waals surface area contributed by atoms with Gasteiger partial charge in [0.25, 0.3) is 0 Å². The van der Waals surface area contributed by atoms with Gasteiger partial charge in [-0.1, -0.05) is 57.2 Å². The molecule has 4 heterocycles. The summed E-state index contributed by atoms with van der Waals surface area (Å²) in [7, 11) is 0. The van der Waals surface area contributed by atoms with Crippen molar-refractivity contribution < 1.29 is 9.59 Å². The van der Waals surface area contributed by atoms with Crippen LogP contribution in [0.15, 0.2) is 61.1 Å².